The van der Waals surface area contributed by atoms with Crippen LogP contribution in [0.1, 0.15) is 10.5 Å². The van der Waals surface area contributed by atoms with E-state index in [0.717, 1.165) is 16.5 Å². The third-order valence-electron chi connectivity index (χ3n) is 4.58. The van der Waals surface area contributed by atoms with Crippen LogP contribution in [0.2, 0.25) is 0 Å². The molecule has 5 aromatic rings. The van der Waals surface area contributed by atoms with Gasteiger partial charge in [-0.05, 0) is 36.4 Å². The molecule has 1 amide bonds. The van der Waals surface area contributed by atoms with Gasteiger partial charge in [0.25, 0.3) is 11.8 Å². The Balaban J connectivity index is 1.45. The minimum absolute atomic E-state index is 0.302. The second-order valence-electron chi connectivity index (χ2n) is 6.55. The summed E-state index contributed by atoms with van der Waals surface area (Å²) in [6.45, 7) is 0. The highest BCUT2D eigenvalue weighted by Crippen LogP contribution is 2.28. The maximum absolute atomic E-state index is 12.8. The zero-order valence-electron chi connectivity index (χ0n) is 15.7. The largest absolute Gasteiger partial charge is 0.334 e. The van der Waals surface area contributed by atoms with E-state index in [1.165, 1.54) is 0 Å². The number of anilines is 1. The Hall–Kier alpha value is -4.39. The number of nitrogens with one attached hydrogen (secondary N) is 1. The Morgan fingerprint density at radius 2 is 1.73 bits per heavy atom. The second kappa shape index (κ2) is 7.56. The van der Waals surface area contributed by atoms with Crippen molar-refractivity contribution in [2.75, 3.05) is 5.32 Å². The van der Waals surface area contributed by atoms with Gasteiger partial charge < -0.3 is 9.84 Å². The topological polar surface area (TPSA) is 93.8 Å². The Kier molecular flexibility index (Phi) is 4.46. The van der Waals surface area contributed by atoms with Gasteiger partial charge in [-0.25, -0.2) is 4.98 Å². The molecule has 3 heterocycles. The van der Waals surface area contributed by atoms with Gasteiger partial charge in [0.15, 0.2) is 0 Å². The summed E-state index contributed by atoms with van der Waals surface area (Å²) in [4.78, 5) is 25.8. The van der Waals surface area contributed by atoms with Crippen LogP contribution in [0.5, 0.6) is 0 Å². The number of benzene rings is 2. The summed E-state index contributed by atoms with van der Waals surface area (Å²) in [5.74, 6) is 0.409. The molecule has 0 fully saturated rings. The third kappa shape index (κ3) is 3.40. The van der Waals surface area contributed by atoms with Gasteiger partial charge in [-0.2, -0.15) is 4.98 Å². The van der Waals surface area contributed by atoms with Crippen LogP contribution in [0.3, 0.4) is 0 Å². The molecular weight excluding hydrogens is 378 g/mol. The van der Waals surface area contributed by atoms with E-state index < -0.39 is 0 Å². The predicted octanol–water partition coefficient (Wildman–Crippen LogP) is 4.60. The lowest BCUT2D eigenvalue weighted by Crippen LogP contribution is -2.14. The second-order valence-corrected chi connectivity index (χ2v) is 6.55. The molecule has 0 saturated heterocycles. The molecule has 30 heavy (non-hydrogen) atoms. The van der Waals surface area contributed by atoms with E-state index in [-0.39, 0.29) is 5.91 Å². The van der Waals surface area contributed by atoms with Gasteiger partial charge in [0.1, 0.15) is 5.69 Å². The van der Waals surface area contributed by atoms with Crippen molar-refractivity contribution in [3.05, 3.63) is 90.9 Å². The van der Waals surface area contributed by atoms with Gasteiger partial charge in [-0.15, -0.1) is 0 Å². The van der Waals surface area contributed by atoms with Gasteiger partial charge in [0, 0.05) is 23.3 Å². The van der Waals surface area contributed by atoms with Crippen molar-refractivity contribution >= 4 is 22.5 Å². The van der Waals surface area contributed by atoms with Crippen LogP contribution < -0.4 is 5.32 Å². The zero-order chi connectivity index (χ0) is 20.3. The molecule has 0 aliphatic rings. The monoisotopic (exact) mass is 393 g/mol. The van der Waals surface area contributed by atoms with Crippen LogP contribution in [0, 0.1) is 0 Å². The highest BCUT2D eigenvalue weighted by Gasteiger charge is 2.16. The molecule has 0 saturated carbocycles. The first-order valence-electron chi connectivity index (χ1n) is 9.28. The van der Waals surface area contributed by atoms with Gasteiger partial charge in [0.2, 0.25) is 5.82 Å². The number of aromatic nitrogens is 4. The van der Waals surface area contributed by atoms with Crippen molar-refractivity contribution in [2.45, 2.75) is 0 Å². The summed E-state index contributed by atoms with van der Waals surface area (Å²) in [5, 5.41) is 7.90. The van der Waals surface area contributed by atoms with E-state index in [1.54, 1.807) is 30.6 Å². The number of para-hydroxylation sites is 2. The average Bonchev–Trinajstić information content (AvgIpc) is 3.30. The van der Waals surface area contributed by atoms with Crippen molar-refractivity contribution in [1.82, 2.24) is 20.1 Å². The van der Waals surface area contributed by atoms with Crippen molar-refractivity contribution in [3.8, 4) is 22.8 Å². The molecule has 7 heteroatoms. The van der Waals surface area contributed by atoms with Gasteiger partial charge >= 0.3 is 0 Å². The Labute approximate surface area is 171 Å². The molecule has 0 bridgehead atoms. The lowest BCUT2D eigenvalue weighted by Gasteiger charge is -2.08. The summed E-state index contributed by atoms with van der Waals surface area (Å²) in [6, 6.07) is 22.1. The van der Waals surface area contributed by atoms with Crippen LogP contribution in [-0.2, 0) is 0 Å². The molecule has 7 nitrogen and oxygen atoms in total. The summed E-state index contributed by atoms with van der Waals surface area (Å²) in [7, 11) is 0. The van der Waals surface area contributed by atoms with Crippen LogP contribution in [0.4, 0.5) is 5.69 Å². The van der Waals surface area contributed by atoms with Crippen molar-refractivity contribution in [2.24, 2.45) is 0 Å². The summed E-state index contributed by atoms with van der Waals surface area (Å²) in [5.41, 5.74) is 3.00. The molecular formula is C23H15N5O2. The highest BCUT2D eigenvalue weighted by atomic mass is 16.5. The van der Waals surface area contributed by atoms with E-state index in [9.17, 15) is 4.79 Å². The normalized spacial score (nSPS) is 10.8. The molecule has 0 aliphatic heterocycles. The SMILES string of the molecule is O=C(Nc1ccccc1-c1nc(-c2cccnc2)no1)c1ccc2ccccc2n1. The highest BCUT2D eigenvalue weighted by molar-refractivity contribution is 6.05. The number of rotatable bonds is 4. The Morgan fingerprint density at radius 1 is 0.867 bits per heavy atom. The van der Waals surface area contributed by atoms with Gasteiger partial charge in [-0.1, -0.05) is 41.6 Å². The van der Waals surface area contributed by atoms with Crippen molar-refractivity contribution in [3.63, 3.8) is 0 Å². The maximum Gasteiger partial charge on any atom is 0.274 e. The number of carbonyl (C=O) groups is 1. The molecule has 2 aromatic carbocycles. The summed E-state index contributed by atoms with van der Waals surface area (Å²) >= 11 is 0. The standard InChI is InChI=1S/C23H15N5O2/c29-22(20-12-11-15-6-1-3-9-18(15)25-20)26-19-10-4-2-8-17(19)23-27-21(28-30-23)16-7-5-13-24-14-16/h1-14H,(H,26,29). The number of carbonyl (C=O) groups excluding carboxylic acids is 1. The van der Waals surface area contributed by atoms with Gasteiger partial charge in [0.05, 0.1) is 16.8 Å². The minimum atomic E-state index is -0.319. The van der Waals surface area contributed by atoms with Crippen LogP contribution >= 0.6 is 0 Å². The average molecular weight is 393 g/mol. The van der Waals surface area contributed by atoms with Crippen molar-refractivity contribution in [1.29, 1.82) is 0 Å². The fourth-order valence-electron chi connectivity index (χ4n) is 3.10. The van der Waals surface area contributed by atoms with E-state index in [4.69, 9.17) is 4.52 Å². The first-order valence-corrected chi connectivity index (χ1v) is 9.28. The Bertz CT molecular complexity index is 1350. The molecule has 0 atom stereocenters. The molecule has 144 valence electrons. The third-order valence-corrected chi connectivity index (χ3v) is 4.58. The summed E-state index contributed by atoms with van der Waals surface area (Å²) < 4.78 is 5.43. The fourth-order valence-corrected chi connectivity index (χ4v) is 3.10. The number of fused-ring (bicyclic) bond motifs is 1. The molecule has 0 radical (unpaired) electrons. The van der Waals surface area contributed by atoms with E-state index in [2.05, 4.69) is 25.4 Å². The molecule has 1 N–H and O–H groups in total. The van der Waals surface area contributed by atoms with E-state index in [1.807, 2.05) is 54.6 Å². The maximum atomic E-state index is 12.8. The van der Waals surface area contributed by atoms with E-state index in [0.29, 0.717) is 28.7 Å². The quantitative estimate of drug-likeness (QED) is 0.480. The molecule has 0 unspecified atom stereocenters. The molecule has 3 aromatic heterocycles. The first-order chi connectivity index (χ1) is 14.8. The van der Waals surface area contributed by atoms with Crippen LogP contribution in [0.15, 0.2) is 89.7 Å². The number of pyridine rings is 2. The lowest BCUT2D eigenvalue weighted by atomic mass is 10.1. The number of nitrogens with zero attached hydrogens (tertiary/aromatic N) is 4. The molecule has 0 spiro atoms. The van der Waals surface area contributed by atoms with Crippen LogP contribution in [0.25, 0.3) is 33.7 Å². The lowest BCUT2D eigenvalue weighted by molar-refractivity contribution is 0.102. The minimum Gasteiger partial charge on any atom is -0.334 e. The van der Waals surface area contributed by atoms with E-state index >= 15 is 0 Å². The molecule has 5 rings (SSSR count). The fraction of sp³-hybridized carbons (Fsp3) is 0. The Morgan fingerprint density at radius 3 is 2.63 bits per heavy atom. The zero-order valence-corrected chi connectivity index (χ0v) is 15.7. The smallest absolute Gasteiger partial charge is 0.274 e. The number of hydrogen-bond acceptors (Lipinski definition) is 6. The van der Waals surface area contributed by atoms with Gasteiger partial charge in [-0.3, -0.25) is 9.78 Å². The molecule has 0 aliphatic carbocycles. The van der Waals surface area contributed by atoms with Crippen LogP contribution in [-0.4, -0.2) is 26.0 Å². The first kappa shape index (κ1) is 17.7. The number of amides is 1. The summed E-state index contributed by atoms with van der Waals surface area (Å²) in [6.07, 6.45) is 3.34. The van der Waals surface area contributed by atoms with Crippen molar-refractivity contribution < 1.29 is 9.32 Å². The number of hydrogen-bond donors (Lipinski definition) is 1. The predicted molar refractivity (Wildman–Crippen MR) is 113 cm³/mol.